The first-order valence-corrected chi connectivity index (χ1v) is 10.3. The summed E-state index contributed by atoms with van der Waals surface area (Å²) < 4.78 is 25.2. The first-order valence-electron chi connectivity index (χ1n) is 8.47. The summed E-state index contributed by atoms with van der Waals surface area (Å²) in [5.41, 5.74) is 5.43. The molecule has 3 heterocycles. The first kappa shape index (κ1) is 16.3. The van der Waals surface area contributed by atoms with Crippen LogP contribution in [0.2, 0.25) is 0 Å². The van der Waals surface area contributed by atoms with Crippen molar-refractivity contribution in [1.82, 2.24) is 14.3 Å². The maximum atomic E-state index is 11.5. The van der Waals surface area contributed by atoms with Gasteiger partial charge in [-0.25, -0.2) is 13.4 Å². The minimum absolute atomic E-state index is 0.271. The highest BCUT2D eigenvalue weighted by atomic mass is 32.2. The number of imidazole rings is 1. The van der Waals surface area contributed by atoms with Gasteiger partial charge >= 0.3 is 0 Å². The maximum absolute atomic E-state index is 11.5. The quantitative estimate of drug-likeness (QED) is 0.724. The molecular weight excluding hydrogens is 334 g/mol. The molecule has 2 aromatic heterocycles. The molecule has 0 spiro atoms. The Balaban J connectivity index is 1.54. The molecule has 25 heavy (non-hydrogen) atoms. The van der Waals surface area contributed by atoms with Crippen molar-refractivity contribution in [3.8, 4) is 11.3 Å². The average molecular weight is 355 g/mol. The van der Waals surface area contributed by atoms with E-state index in [9.17, 15) is 8.42 Å². The van der Waals surface area contributed by atoms with Crippen LogP contribution in [0.3, 0.4) is 0 Å². The van der Waals surface area contributed by atoms with Crippen molar-refractivity contribution in [3.63, 3.8) is 0 Å². The van der Waals surface area contributed by atoms with Crippen LogP contribution in [0.4, 0.5) is 0 Å². The van der Waals surface area contributed by atoms with E-state index in [2.05, 4.69) is 44.6 Å². The molecule has 0 amide bonds. The van der Waals surface area contributed by atoms with E-state index in [-0.39, 0.29) is 11.5 Å². The summed E-state index contributed by atoms with van der Waals surface area (Å²) in [6.07, 6.45) is 2.05. The molecule has 1 aliphatic heterocycles. The molecule has 0 unspecified atom stereocenters. The molecule has 5 nitrogen and oxygen atoms in total. The summed E-state index contributed by atoms with van der Waals surface area (Å²) in [6.45, 7) is 4.04. The molecule has 1 fully saturated rings. The number of nitrogens with zero attached hydrogens (tertiary/aromatic N) is 3. The van der Waals surface area contributed by atoms with Gasteiger partial charge in [-0.15, -0.1) is 0 Å². The predicted molar refractivity (Wildman–Crippen MR) is 99.3 cm³/mol. The Labute approximate surface area is 147 Å². The maximum Gasteiger partial charge on any atom is 0.152 e. The van der Waals surface area contributed by atoms with E-state index in [1.54, 1.807) is 0 Å². The van der Waals surface area contributed by atoms with Gasteiger partial charge in [0.05, 0.1) is 22.9 Å². The fourth-order valence-corrected chi connectivity index (χ4v) is 4.59. The van der Waals surface area contributed by atoms with E-state index in [0.29, 0.717) is 13.1 Å². The number of aryl methyl sites for hydroxylation is 1. The van der Waals surface area contributed by atoms with Crippen LogP contribution in [0.1, 0.15) is 11.3 Å². The Morgan fingerprint density at radius 2 is 1.76 bits per heavy atom. The third kappa shape index (κ3) is 3.45. The molecule has 1 aliphatic rings. The highest BCUT2D eigenvalue weighted by molar-refractivity contribution is 7.91. The highest BCUT2D eigenvalue weighted by Crippen LogP contribution is 2.22. The van der Waals surface area contributed by atoms with Crippen molar-refractivity contribution in [2.45, 2.75) is 13.5 Å². The smallest absolute Gasteiger partial charge is 0.152 e. The Hall–Kier alpha value is -2.18. The molecule has 0 aliphatic carbocycles. The Kier molecular flexibility index (Phi) is 4.09. The second kappa shape index (κ2) is 6.28. The minimum Gasteiger partial charge on any atom is -0.299 e. The molecule has 0 atom stereocenters. The molecule has 0 radical (unpaired) electrons. The fraction of sp³-hybridized carbons (Fsp3) is 0.316. The Bertz CT molecular complexity index is 993. The largest absolute Gasteiger partial charge is 0.299 e. The zero-order valence-electron chi connectivity index (χ0n) is 14.2. The number of sulfone groups is 1. The molecular formula is C19H21N3O2S. The lowest BCUT2D eigenvalue weighted by atomic mass is 10.1. The predicted octanol–water partition coefficient (Wildman–Crippen LogP) is 2.54. The molecule has 6 heteroatoms. The van der Waals surface area contributed by atoms with Gasteiger partial charge in [-0.1, -0.05) is 30.3 Å². The summed E-state index contributed by atoms with van der Waals surface area (Å²) in [6, 6.07) is 14.6. The third-order valence-electron chi connectivity index (χ3n) is 4.71. The van der Waals surface area contributed by atoms with Crippen LogP contribution in [-0.4, -0.2) is 47.3 Å². The zero-order valence-corrected chi connectivity index (χ0v) is 15.0. The number of rotatable bonds is 3. The molecule has 1 saturated heterocycles. The molecule has 130 valence electrons. The monoisotopic (exact) mass is 355 g/mol. The van der Waals surface area contributed by atoms with Crippen LogP contribution < -0.4 is 0 Å². The second-order valence-electron chi connectivity index (χ2n) is 6.65. The van der Waals surface area contributed by atoms with Gasteiger partial charge in [-0.3, -0.25) is 9.30 Å². The van der Waals surface area contributed by atoms with Crippen LogP contribution in [0.15, 0.2) is 48.7 Å². The molecule has 1 aromatic carbocycles. The summed E-state index contributed by atoms with van der Waals surface area (Å²) in [5, 5.41) is 0. The van der Waals surface area contributed by atoms with Crippen LogP contribution in [0, 0.1) is 6.92 Å². The average Bonchev–Trinajstić information content (AvgIpc) is 2.98. The van der Waals surface area contributed by atoms with Gasteiger partial charge in [0.2, 0.25) is 0 Å². The number of hydrogen-bond donors (Lipinski definition) is 0. The van der Waals surface area contributed by atoms with Crippen molar-refractivity contribution >= 4 is 15.5 Å². The SMILES string of the molecule is Cc1cn2c(-c3ccc(CN4CCS(=O)(=O)CC4)cc3)cccc2n1. The summed E-state index contributed by atoms with van der Waals surface area (Å²) in [4.78, 5) is 6.72. The molecule has 0 saturated carbocycles. The zero-order chi connectivity index (χ0) is 17.4. The number of hydrogen-bond acceptors (Lipinski definition) is 4. The van der Waals surface area contributed by atoms with Crippen LogP contribution in [0.25, 0.3) is 16.9 Å². The van der Waals surface area contributed by atoms with Gasteiger partial charge in [0.1, 0.15) is 5.65 Å². The first-order chi connectivity index (χ1) is 12.0. The van der Waals surface area contributed by atoms with Crippen molar-refractivity contribution in [2.24, 2.45) is 0 Å². The van der Waals surface area contributed by atoms with Gasteiger partial charge in [0, 0.05) is 25.8 Å². The summed E-state index contributed by atoms with van der Waals surface area (Å²) in [5.74, 6) is 0.542. The molecule has 0 bridgehead atoms. The van der Waals surface area contributed by atoms with Gasteiger partial charge in [0.25, 0.3) is 0 Å². The van der Waals surface area contributed by atoms with Crippen molar-refractivity contribution in [1.29, 1.82) is 0 Å². The van der Waals surface area contributed by atoms with E-state index in [1.165, 1.54) is 5.56 Å². The van der Waals surface area contributed by atoms with E-state index in [0.717, 1.165) is 29.1 Å². The molecule has 4 rings (SSSR count). The van der Waals surface area contributed by atoms with Crippen LogP contribution in [0.5, 0.6) is 0 Å². The van der Waals surface area contributed by atoms with Crippen molar-refractivity contribution in [3.05, 3.63) is 59.9 Å². The summed E-state index contributed by atoms with van der Waals surface area (Å²) in [7, 11) is -2.82. The van der Waals surface area contributed by atoms with E-state index in [4.69, 9.17) is 0 Å². The fourth-order valence-electron chi connectivity index (χ4n) is 3.32. The van der Waals surface area contributed by atoms with E-state index < -0.39 is 9.84 Å². The number of aromatic nitrogens is 2. The van der Waals surface area contributed by atoms with Gasteiger partial charge in [-0.2, -0.15) is 0 Å². The van der Waals surface area contributed by atoms with Crippen LogP contribution >= 0.6 is 0 Å². The number of pyridine rings is 1. The van der Waals surface area contributed by atoms with Crippen molar-refractivity contribution in [2.75, 3.05) is 24.6 Å². The standard InChI is InChI=1S/C19H21N3O2S/c1-15-13-22-18(3-2-4-19(22)20-15)17-7-5-16(6-8-17)14-21-9-11-25(23,24)12-10-21/h2-8,13H,9-12,14H2,1H3. The lowest BCUT2D eigenvalue weighted by molar-refractivity contribution is 0.287. The van der Waals surface area contributed by atoms with Gasteiger partial charge < -0.3 is 0 Å². The number of fused-ring (bicyclic) bond motifs is 1. The minimum atomic E-state index is -2.82. The van der Waals surface area contributed by atoms with E-state index in [1.807, 2.05) is 25.3 Å². The van der Waals surface area contributed by atoms with Crippen molar-refractivity contribution < 1.29 is 8.42 Å². The normalized spacial score (nSPS) is 17.8. The lowest BCUT2D eigenvalue weighted by Gasteiger charge is -2.26. The highest BCUT2D eigenvalue weighted by Gasteiger charge is 2.21. The lowest BCUT2D eigenvalue weighted by Crippen LogP contribution is -2.39. The van der Waals surface area contributed by atoms with Gasteiger partial charge in [-0.05, 0) is 30.2 Å². The third-order valence-corrected chi connectivity index (χ3v) is 6.31. The topological polar surface area (TPSA) is 54.7 Å². The van der Waals surface area contributed by atoms with Crippen LogP contribution in [-0.2, 0) is 16.4 Å². The Morgan fingerprint density at radius 1 is 1.04 bits per heavy atom. The molecule has 0 N–H and O–H groups in total. The van der Waals surface area contributed by atoms with Gasteiger partial charge in [0.15, 0.2) is 9.84 Å². The number of benzene rings is 1. The summed E-state index contributed by atoms with van der Waals surface area (Å²) >= 11 is 0. The van der Waals surface area contributed by atoms with E-state index >= 15 is 0 Å². The molecule has 3 aromatic rings. The Morgan fingerprint density at radius 3 is 2.48 bits per heavy atom. The second-order valence-corrected chi connectivity index (χ2v) is 8.95.